The highest BCUT2D eigenvalue weighted by molar-refractivity contribution is 5.88. The van der Waals surface area contributed by atoms with E-state index in [4.69, 9.17) is 15.5 Å². The lowest BCUT2D eigenvalue weighted by molar-refractivity contribution is 0.396. The molecule has 13 nitrogen and oxygen atoms in total. The molecule has 0 amide bonds. The zero-order chi connectivity index (χ0) is 41.4. The molecule has 0 spiro atoms. The van der Waals surface area contributed by atoms with E-state index in [9.17, 15) is 38.0 Å². The topological polar surface area (TPSA) is 199 Å². The summed E-state index contributed by atoms with van der Waals surface area (Å²) in [5.41, 5.74) is 3.62. The zero-order valence-electron chi connectivity index (χ0n) is 29.7. The third-order valence-corrected chi connectivity index (χ3v) is 8.89. The molecule has 0 saturated carbocycles. The van der Waals surface area contributed by atoms with Gasteiger partial charge in [-0.2, -0.15) is 20.6 Å². The summed E-state index contributed by atoms with van der Waals surface area (Å²) in [6, 6.07) is 23.7. The first-order valence-electron chi connectivity index (χ1n) is 16.8. The molecular formula is C41H27F4N7O6. The number of aromatic nitrogens is 6. The van der Waals surface area contributed by atoms with Gasteiger partial charge in [-0.25, -0.2) is 31.6 Å². The third kappa shape index (κ3) is 7.04. The van der Waals surface area contributed by atoms with E-state index >= 15 is 0 Å². The van der Waals surface area contributed by atoms with Crippen molar-refractivity contribution >= 4 is 32.7 Å². The fraction of sp³-hybridized carbons (Fsp3) is 0.0244. The smallest absolute Gasteiger partial charge is 0.187 e. The summed E-state index contributed by atoms with van der Waals surface area (Å²) >= 11 is 0. The van der Waals surface area contributed by atoms with Gasteiger partial charge in [0.1, 0.15) is 23.0 Å². The average Bonchev–Trinajstić information content (AvgIpc) is 3.96. The van der Waals surface area contributed by atoms with Gasteiger partial charge in [-0.3, -0.25) is 0 Å². The Bertz CT molecular complexity index is 3040. The van der Waals surface area contributed by atoms with Gasteiger partial charge in [0.2, 0.25) is 0 Å². The lowest BCUT2D eigenvalue weighted by atomic mass is 10.1. The summed E-state index contributed by atoms with van der Waals surface area (Å²) in [4.78, 5) is 0. The molecule has 0 fully saturated rings. The highest BCUT2D eigenvalue weighted by Gasteiger charge is 2.16. The van der Waals surface area contributed by atoms with Crippen molar-refractivity contribution in [3.05, 3.63) is 144 Å². The first kappa shape index (κ1) is 38.0. The highest BCUT2D eigenvalue weighted by atomic mass is 19.1. The standard InChI is InChI=1S/C14H7F2N3O2.C14H12N2O2.C13H8F2N2O2/c15-10-3-8(4-11(16)14(10)21)19-12-1-7(5-17)2-13(20)9(12)6-18-19;1-9-7-10(5-6-13(9)17)16-12-3-2-4-14(18)11(12)8-15-16;14-9-4-7(5-10(15)13(9)19)17-11-2-1-3-12(18)8(11)6-16-17/h1-4,6,20-21H;2-8,17-18H,1H3;1-6,18-19H. The number of hydrogen-bond donors (Lipinski definition) is 6. The van der Waals surface area contributed by atoms with Crippen LogP contribution in [0, 0.1) is 41.5 Å². The van der Waals surface area contributed by atoms with Gasteiger partial charge in [0.05, 0.1) is 80.0 Å². The molecular weight excluding hydrogens is 762 g/mol. The quantitative estimate of drug-likeness (QED) is 0.0953. The Morgan fingerprint density at radius 3 is 1.36 bits per heavy atom. The molecule has 17 heteroatoms. The normalized spacial score (nSPS) is 10.9. The predicted octanol–water partition coefficient (Wildman–Crippen LogP) is 8.05. The van der Waals surface area contributed by atoms with Gasteiger partial charge in [0.15, 0.2) is 34.8 Å². The van der Waals surface area contributed by atoms with Crippen LogP contribution in [0.15, 0.2) is 110 Å². The number of hydrogen-bond acceptors (Lipinski definition) is 10. The average molecular weight is 790 g/mol. The van der Waals surface area contributed by atoms with E-state index in [2.05, 4.69) is 15.3 Å². The first-order valence-corrected chi connectivity index (χ1v) is 16.8. The Morgan fingerprint density at radius 2 is 0.914 bits per heavy atom. The Kier molecular flexibility index (Phi) is 9.91. The summed E-state index contributed by atoms with van der Waals surface area (Å²) in [5.74, 6) is -6.15. The number of phenolic OH excluding ortho intramolecular Hbond substituents is 6. The molecule has 58 heavy (non-hydrogen) atoms. The van der Waals surface area contributed by atoms with Crippen LogP contribution in [0.4, 0.5) is 17.6 Å². The SMILES string of the molecule is Cc1cc(-n2ncc3c(O)cccc32)ccc1O.N#Cc1cc(O)c2cnn(-c3cc(F)c(O)c(F)c3)c2c1.Oc1c(F)cc(-n2ncc3c(O)cccc32)cc1F. The van der Waals surface area contributed by atoms with E-state index in [1.165, 1.54) is 40.0 Å². The van der Waals surface area contributed by atoms with Crippen molar-refractivity contribution in [2.24, 2.45) is 0 Å². The van der Waals surface area contributed by atoms with E-state index in [0.717, 1.165) is 41.0 Å². The minimum atomic E-state index is -1.13. The van der Waals surface area contributed by atoms with Crippen LogP contribution < -0.4 is 0 Å². The van der Waals surface area contributed by atoms with E-state index in [0.29, 0.717) is 27.2 Å². The van der Waals surface area contributed by atoms with Crippen molar-refractivity contribution in [3.8, 4) is 57.6 Å². The largest absolute Gasteiger partial charge is 0.508 e. The summed E-state index contributed by atoms with van der Waals surface area (Å²) in [5, 5.41) is 79.5. The summed E-state index contributed by atoms with van der Waals surface area (Å²) < 4.78 is 57.7. The Morgan fingerprint density at radius 1 is 0.483 bits per heavy atom. The summed E-state index contributed by atoms with van der Waals surface area (Å²) in [6.45, 7) is 1.84. The van der Waals surface area contributed by atoms with Crippen molar-refractivity contribution in [2.45, 2.75) is 6.92 Å². The van der Waals surface area contributed by atoms with Crippen molar-refractivity contribution in [2.75, 3.05) is 0 Å². The number of aromatic hydroxyl groups is 6. The van der Waals surface area contributed by atoms with Crippen LogP contribution in [0.2, 0.25) is 0 Å². The number of benzene rings is 6. The summed E-state index contributed by atoms with van der Waals surface area (Å²) in [7, 11) is 0. The Balaban J connectivity index is 0.000000133. The third-order valence-electron chi connectivity index (χ3n) is 8.89. The maximum Gasteiger partial charge on any atom is 0.187 e. The Labute approximate surface area is 323 Å². The van der Waals surface area contributed by atoms with Crippen LogP contribution in [0.1, 0.15) is 11.1 Å². The molecule has 6 aromatic carbocycles. The second-order valence-electron chi connectivity index (χ2n) is 12.6. The Hall–Kier alpha value is -8.26. The predicted molar refractivity (Wildman–Crippen MR) is 202 cm³/mol. The van der Waals surface area contributed by atoms with Gasteiger partial charge in [-0.15, -0.1) is 0 Å². The van der Waals surface area contributed by atoms with Gasteiger partial charge >= 0.3 is 0 Å². The number of nitriles is 1. The molecule has 0 radical (unpaired) electrons. The minimum Gasteiger partial charge on any atom is -0.508 e. The van der Waals surface area contributed by atoms with E-state index < -0.39 is 34.8 Å². The van der Waals surface area contributed by atoms with Crippen molar-refractivity contribution < 1.29 is 48.2 Å². The highest BCUT2D eigenvalue weighted by Crippen LogP contribution is 2.32. The molecule has 3 heterocycles. The van der Waals surface area contributed by atoms with E-state index in [1.807, 2.05) is 25.1 Å². The number of rotatable bonds is 3. The molecule has 9 aromatic rings. The van der Waals surface area contributed by atoms with Gasteiger partial charge in [0, 0.05) is 24.3 Å². The number of nitrogens with zero attached hydrogens (tertiary/aromatic N) is 7. The maximum absolute atomic E-state index is 13.4. The second kappa shape index (κ2) is 15.1. The monoisotopic (exact) mass is 789 g/mol. The molecule has 3 aromatic heterocycles. The van der Waals surface area contributed by atoms with Gasteiger partial charge in [0.25, 0.3) is 0 Å². The first-order chi connectivity index (χ1) is 27.7. The fourth-order valence-electron chi connectivity index (χ4n) is 5.98. The van der Waals surface area contributed by atoms with E-state index in [-0.39, 0.29) is 39.9 Å². The number of aryl methyl sites for hydroxylation is 1. The molecule has 0 atom stereocenters. The van der Waals surface area contributed by atoms with Crippen LogP contribution in [0.25, 0.3) is 49.8 Å². The molecule has 9 rings (SSSR count). The van der Waals surface area contributed by atoms with Gasteiger partial charge in [-0.05, 0) is 67.1 Å². The van der Waals surface area contributed by atoms with Crippen molar-refractivity contribution in [3.63, 3.8) is 0 Å². The molecule has 0 saturated heterocycles. The molecule has 0 aliphatic heterocycles. The summed E-state index contributed by atoms with van der Waals surface area (Å²) in [6.07, 6.45) is 4.34. The molecule has 0 aliphatic carbocycles. The fourth-order valence-corrected chi connectivity index (χ4v) is 5.98. The van der Waals surface area contributed by atoms with Gasteiger partial charge < -0.3 is 30.6 Å². The number of phenols is 6. The number of fused-ring (bicyclic) bond motifs is 3. The van der Waals surface area contributed by atoms with Crippen LogP contribution in [0.5, 0.6) is 34.5 Å². The van der Waals surface area contributed by atoms with Crippen molar-refractivity contribution in [1.29, 1.82) is 5.26 Å². The van der Waals surface area contributed by atoms with E-state index in [1.54, 1.807) is 47.3 Å². The van der Waals surface area contributed by atoms with Crippen molar-refractivity contribution in [1.82, 2.24) is 29.3 Å². The lowest BCUT2D eigenvalue weighted by Gasteiger charge is -2.06. The van der Waals surface area contributed by atoms with Gasteiger partial charge in [-0.1, -0.05) is 12.1 Å². The lowest BCUT2D eigenvalue weighted by Crippen LogP contribution is -1.98. The van der Waals surface area contributed by atoms with Crippen LogP contribution in [-0.2, 0) is 0 Å². The molecule has 290 valence electrons. The minimum absolute atomic E-state index is 0.0206. The number of halogens is 4. The van der Waals surface area contributed by atoms with Crippen LogP contribution in [-0.4, -0.2) is 60.0 Å². The molecule has 0 bridgehead atoms. The van der Waals surface area contributed by atoms with Crippen LogP contribution in [0.3, 0.4) is 0 Å². The molecule has 0 unspecified atom stereocenters. The van der Waals surface area contributed by atoms with Crippen LogP contribution >= 0.6 is 0 Å². The zero-order valence-corrected chi connectivity index (χ0v) is 29.7. The molecule has 6 N–H and O–H groups in total. The molecule has 0 aliphatic rings. The second-order valence-corrected chi connectivity index (χ2v) is 12.6. The maximum atomic E-state index is 13.4.